The molecule has 0 aliphatic heterocycles. The van der Waals surface area contributed by atoms with Crippen LogP contribution in [0, 0.1) is 0 Å². The van der Waals surface area contributed by atoms with E-state index in [1.165, 1.54) is 16.7 Å². The van der Waals surface area contributed by atoms with Gasteiger partial charge in [0, 0.05) is 6.08 Å². The Hall–Kier alpha value is -3.13. The molecule has 0 aliphatic rings. The van der Waals surface area contributed by atoms with E-state index < -0.39 is 0 Å². The zero-order chi connectivity index (χ0) is 18.9. The van der Waals surface area contributed by atoms with Crippen LogP contribution < -0.4 is 0 Å². The second kappa shape index (κ2) is 9.54. The Morgan fingerprint density at radius 1 is 0.815 bits per heavy atom. The Morgan fingerprint density at radius 3 is 2.04 bits per heavy atom. The summed E-state index contributed by atoms with van der Waals surface area (Å²) in [7, 11) is 0. The minimum absolute atomic E-state index is 0.282. The first-order valence-corrected chi connectivity index (χ1v) is 9.33. The van der Waals surface area contributed by atoms with Crippen molar-refractivity contribution in [3.8, 4) is 11.1 Å². The zero-order valence-corrected chi connectivity index (χ0v) is 15.6. The second-order valence-electron chi connectivity index (χ2n) is 6.35. The van der Waals surface area contributed by atoms with E-state index in [-0.39, 0.29) is 5.97 Å². The van der Waals surface area contributed by atoms with Gasteiger partial charge in [-0.05, 0) is 47.6 Å². The molecule has 3 rings (SSSR count). The lowest BCUT2D eigenvalue weighted by Gasteiger charge is -2.09. The normalized spacial score (nSPS) is 11.2. The van der Waals surface area contributed by atoms with Gasteiger partial charge < -0.3 is 4.74 Å². The molecule has 0 aromatic heterocycles. The van der Waals surface area contributed by atoms with Gasteiger partial charge in [-0.25, -0.2) is 4.79 Å². The van der Waals surface area contributed by atoms with E-state index in [9.17, 15) is 4.79 Å². The van der Waals surface area contributed by atoms with Crippen LogP contribution in [-0.2, 0) is 16.0 Å². The molecule has 0 bridgehead atoms. The molecular weight excluding hydrogens is 332 g/mol. The summed E-state index contributed by atoms with van der Waals surface area (Å²) in [4.78, 5) is 11.9. The van der Waals surface area contributed by atoms with Crippen molar-refractivity contribution in [3.63, 3.8) is 0 Å². The molecule has 0 amide bonds. The minimum atomic E-state index is -0.282. The topological polar surface area (TPSA) is 26.3 Å². The van der Waals surface area contributed by atoms with Crippen molar-refractivity contribution in [2.24, 2.45) is 0 Å². The monoisotopic (exact) mass is 356 g/mol. The molecule has 0 N–H and O–H groups in total. The third-order valence-electron chi connectivity index (χ3n) is 4.47. The van der Waals surface area contributed by atoms with Crippen LogP contribution in [0.1, 0.15) is 24.5 Å². The Labute approximate surface area is 161 Å². The molecule has 2 heteroatoms. The van der Waals surface area contributed by atoms with Gasteiger partial charge in [-0.3, -0.25) is 0 Å². The van der Waals surface area contributed by atoms with E-state index in [0.717, 1.165) is 24.0 Å². The molecule has 3 aromatic carbocycles. The van der Waals surface area contributed by atoms with Crippen molar-refractivity contribution >= 4 is 11.5 Å². The Balaban J connectivity index is 1.72. The summed E-state index contributed by atoms with van der Waals surface area (Å²) in [6.45, 7) is 2.21. The first kappa shape index (κ1) is 18.7. The van der Waals surface area contributed by atoms with Crippen LogP contribution >= 0.6 is 0 Å². The lowest BCUT2D eigenvalue weighted by molar-refractivity contribution is -0.137. The van der Waals surface area contributed by atoms with Crippen molar-refractivity contribution < 1.29 is 9.53 Å². The van der Waals surface area contributed by atoms with E-state index in [4.69, 9.17) is 4.74 Å². The van der Waals surface area contributed by atoms with Crippen molar-refractivity contribution in [2.45, 2.75) is 19.8 Å². The molecule has 27 heavy (non-hydrogen) atoms. The van der Waals surface area contributed by atoms with Gasteiger partial charge in [-0.15, -0.1) is 0 Å². The van der Waals surface area contributed by atoms with E-state index >= 15 is 0 Å². The van der Waals surface area contributed by atoms with Gasteiger partial charge in [-0.1, -0.05) is 84.9 Å². The van der Waals surface area contributed by atoms with Crippen LogP contribution in [0.4, 0.5) is 0 Å². The summed E-state index contributed by atoms with van der Waals surface area (Å²) in [6.07, 6.45) is 3.28. The highest BCUT2D eigenvalue weighted by atomic mass is 16.5. The predicted molar refractivity (Wildman–Crippen MR) is 111 cm³/mol. The molecule has 0 unspecified atom stereocenters. The molecule has 0 radical (unpaired) electrons. The number of allylic oxidation sites excluding steroid dienone is 1. The zero-order valence-electron chi connectivity index (χ0n) is 15.6. The quantitative estimate of drug-likeness (QED) is 0.387. The van der Waals surface area contributed by atoms with Crippen molar-refractivity contribution in [1.29, 1.82) is 0 Å². The average Bonchev–Trinajstić information content (AvgIpc) is 2.73. The van der Waals surface area contributed by atoms with Crippen LogP contribution in [0.15, 0.2) is 91.0 Å². The van der Waals surface area contributed by atoms with Crippen LogP contribution in [0.25, 0.3) is 16.7 Å². The highest BCUT2D eigenvalue weighted by molar-refractivity contribution is 5.91. The summed E-state index contributed by atoms with van der Waals surface area (Å²) in [5.74, 6) is -0.282. The van der Waals surface area contributed by atoms with E-state index in [2.05, 4.69) is 48.5 Å². The van der Waals surface area contributed by atoms with E-state index in [0.29, 0.717) is 6.61 Å². The number of esters is 1. The third-order valence-corrected chi connectivity index (χ3v) is 4.47. The van der Waals surface area contributed by atoms with Gasteiger partial charge in [0.05, 0.1) is 6.61 Å². The molecule has 0 aliphatic carbocycles. The summed E-state index contributed by atoms with van der Waals surface area (Å²) in [5, 5.41) is 0. The summed E-state index contributed by atoms with van der Waals surface area (Å²) >= 11 is 0. The first-order valence-electron chi connectivity index (χ1n) is 9.33. The SMILES string of the molecule is CCOC(=O)C=C(CCc1ccc(-c2ccccc2)cc1)c1ccccc1. The maximum atomic E-state index is 11.9. The fourth-order valence-electron chi connectivity index (χ4n) is 3.05. The van der Waals surface area contributed by atoms with Gasteiger partial charge in [0.25, 0.3) is 0 Å². The van der Waals surface area contributed by atoms with Gasteiger partial charge in [0.1, 0.15) is 0 Å². The molecule has 0 saturated heterocycles. The highest BCUT2D eigenvalue weighted by Crippen LogP contribution is 2.23. The van der Waals surface area contributed by atoms with Gasteiger partial charge >= 0.3 is 5.97 Å². The van der Waals surface area contributed by atoms with Gasteiger partial charge in [-0.2, -0.15) is 0 Å². The van der Waals surface area contributed by atoms with Crippen molar-refractivity contribution in [3.05, 3.63) is 102 Å². The number of hydrogen-bond acceptors (Lipinski definition) is 2. The molecule has 0 spiro atoms. The predicted octanol–water partition coefficient (Wildman–Crippen LogP) is 5.93. The molecule has 0 saturated carbocycles. The third kappa shape index (κ3) is 5.42. The average molecular weight is 356 g/mol. The van der Waals surface area contributed by atoms with Crippen LogP contribution in [0.3, 0.4) is 0 Å². The van der Waals surface area contributed by atoms with Crippen molar-refractivity contribution in [1.82, 2.24) is 0 Å². The van der Waals surface area contributed by atoms with E-state index in [1.807, 2.05) is 43.3 Å². The largest absolute Gasteiger partial charge is 0.463 e. The Kier molecular flexibility index (Phi) is 6.59. The molecule has 0 atom stereocenters. The van der Waals surface area contributed by atoms with Gasteiger partial charge in [0.15, 0.2) is 0 Å². The Morgan fingerprint density at radius 2 is 1.41 bits per heavy atom. The second-order valence-corrected chi connectivity index (χ2v) is 6.35. The maximum Gasteiger partial charge on any atom is 0.331 e. The molecule has 2 nitrogen and oxygen atoms in total. The number of hydrogen-bond donors (Lipinski definition) is 0. The van der Waals surface area contributed by atoms with Gasteiger partial charge in [0.2, 0.25) is 0 Å². The van der Waals surface area contributed by atoms with Crippen molar-refractivity contribution in [2.75, 3.05) is 6.61 Å². The smallest absolute Gasteiger partial charge is 0.331 e. The highest BCUT2D eigenvalue weighted by Gasteiger charge is 2.07. The number of ether oxygens (including phenoxy) is 1. The minimum Gasteiger partial charge on any atom is -0.463 e. The molecule has 0 fully saturated rings. The summed E-state index contributed by atoms with van der Waals surface area (Å²) in [5.41, 5.74) is 5.74. The summed E-state index contributed by atoms with van der Waals surface area (Å²) in [6, 6.07) is 29.0. The van der Waals surface area contributed by atoms with E-state index in [1.54, 1.807) is 6.08 Å². The van der Waals surface area contributed by atoms with Crippen LogP contribution in [-0.4, -0.2) is 12.6 Å². The molecular formula is C25H24O2. The number of aryl methyl sites for hydroxylation is 1. The molecule has 136 valence electrons. The maximum absolute atomic E-state index is 11.9. The Bertz CT molecular complexity index is 879. The first-order chi connectivity index (χ1) is 13.3. The fraction of sp³-hybridized carbons (Fsp3) is 0.160. The lowest BCUT2D eigenvalue weighted by Crippen LogP contribution is -2.02. The number of benzene rings is 3. The summed E-state index contributed by atoms with van der Waals surface area (Å²) < 4.78 is 5.10. The number of carbonyl (C=O) groups excluding carboxylic acids is 1. The number of carbonyl (C=O) groups is 1. The van der Waals surface area contributed by atoms with Crippen LogP contribution in [0.5, 0.6) is 0 Å². The van der Waals surface area contributed by atoms with Crippen LogP contribution in [0.2, 0.25) is 0 Å². The lowest BCUT2D eigenvalue weighted by atomic mass is 9.96. The fourth-order valence-corrected chi connectivity index (χ4v) is 3.05. The standard InChI is InChI=1S/C25H24O2/c1-2-27-25(26)19-24(22-11-7-4-8-12-22)18-15-20-13-16-23(17-14-20)21-9-5-3-6-10-21/h3-14,16-17,19H,2,15,18H2,1H3. The number of rotatable bonds is 7. The molecule has 3 aromatic rings. The molecule has 0 heterocycles.